The summed E-state index contributed by atoms with van der Waals surface area (Å²) in [5, 5.41) is 9.18. The number of benzene rings is 2. The molecule has 0 atom stereocenters. The van der Waals surface area contributed by atoms with Crippen LogP contribution in [0.2, 0.25) is 0 Å². The molecule has 0 amide bonds. The summed E-state index contributed by atoms with van der Waals surface area (Å²) < 4.78 is 17.4. The molecule has 2 heterocycles. The molecule has 4 rings (SSSR count). The normalized spacial score (nSPS) is 11.1. The molecule has 0 bridgehead atoms. The summed E-state index contributed by atoms with van der Waals surface area (Å²) in [5.74, 6) is 0.698. The summed E-state index contributed by atoms with van der Waals surface area (Å²) in [7, 11) is 1.89. The maximum absolute atomic E-state index is 13.7. The number of thioether (sulfide) groups is 1. The second-order valence-corrected chi connectivity index (χ2v) is 7.99. The lowest BCUT2D eigenvalue weighted by atomic mass is 10.2. The van der Waals surface area contributed by atoms with E-state index in [1.807, 2.05) is 72.5 Å². The van der Waals surface area contributed by atoms with Crippen LogP contribution in [0, 0.1) is 19.7 Å². The maximum Gasteiger partial charge on any atom is 0.191 e. The van der Waals surface area contributed by atoms with Gasteiger partial charge < -0.3 is 9.13 Å². The molecule has 0 saturated carbocycles. The predicted molar refractivity (Wildman–Crippen MR) is 117 cm³/mol. The van der Waals surface area contributed by atoms with Crippen molar-refractivity contribution in [1.82, 2.24) is 19.3 Å². The van der Waals surface area contributed by atoms with Crippen LogP contribution in [0.3, 0.4) is 0 Å². The highest BCUT2D eigenvalue weighted by molar-refractivity contribution is 7.99. The van der Waals surface area contributed by atoms with Crippen LogP contribution < -0.4 is 0 Å². The van der Waals surface area contributed by atoms with Crippen molar-refractivity contribution in [2.75, 3.05) is 5.75 Å². The minimum atomic E-state index is -0.306. The van der Waals surface area contributed by atoms with Crippen molar-refractivity contribution in [3.63, 3.8) is 0 Å². The Morgan fingerprint density at radius 3 is 2.53 bits per heavy atom. The summed E-state index contributed by atoms with van der Waals surface area (Å²) in [4.78, 5) is 12.9. The molecular formula is C23H21FN4OS. The number of carbonyl (C=O) groups is 1. The predicted octanol–water partition coefficient (Wildman–Crippen LogP) is 5.00. The van der Waals surface area contributed by atoms with Crippen LogP contribution >= 0.6 is 11.8 Å². The summed E-state index contributed by atoms with van der Waals surface area (Å²) in [6.45, 7) is 3.79. The van der Waals surface area contributed by atoms with Gasteiger partial charge in [-0.15, -0.1) is 10.2 Å². The molecule has 0 radical (unpaired) electrons. The zero-order valence-electron chi connectivity index (χ0n) is 17.0. The molecular weight excluding hydrogens is 399 g/mol. The molecule has 0 aliphatic heterocycles. The van der Waals surface area contributed by atoms with Crippen molar-refractivity contribution in [3.05, 3.63) is 83.4 Å². The van der Waals surface area contributed by atoms with E-state index in [0.717, 1.165) is 22.8 Å². The number of halogens is 1. The van der Waals surface area contributed by atoms with Crippen molar-refractivity contribution in [2.45, 2.75) is 19.0 Å². The van der Waals surface area contributed by atoms with E-state index < -0.39 is 0 Å². The SMILES string of the molecule is Cc1cc(C(=O)CSc2nnc(-c3ccccc3)n2C)c(C)n1-c1cccc(F)c1. The Labute approximate surface area is 178 Å². The highest BCUT2D eigenvalue weighted by Gasteiger charge is 2.19. The van der Waals surface area contributed by atoms with E-state index in [9.17, 15) is 9.18 Å². The number of rotatable bonds is 6. The molecule has 152 valence electrons. The summed E-state index contributed by atoms with van der Waals surface area (Å²) in [5.41, 5.74) is 4.00. The van der Waals surface area contributed by atoms with Gasteiger partial charge in [-0.1, -0.05) is 48.2 Å². The molecule has 0 N–H and O–H groups in total. The molecule has 0 saturated heterocycles. The monoisotopic (exact) mass is 420 g/mol. The maximum atomic E-state index is 13.7. The first-order chi connectivity index (χ1) is 14.5. The zero-order chi connectivity index (χ0) is 21.3. The molecule has 2 aromatic heterocycles. The fourth-order valence-electron chi connectivity index (χ4n) is 3.54. The Hall–Kier alpha value is -3.19. The van der Waals surface area contributed by atoms with Gasteiger partial charge in [0.1, 0.15) is 5.82 Å². The minimum absolute atomic E-state index is 0.0000131. The number of aromatic nitrogens is 4. The Morgan fingerprint density at radius 2 is 1.80 bits per heavy atom. The van der Waals surface area contributed by atoms with Gasteiger partial charge in [0.15, 0.2) is 16.8 Å². The second kappa shape index (κ2) is 8.28. The van der Waals surface area contributed by atoms with Crippen molar-refractivity contribution in [3.8, 4) is 17.1 Å². The molecule has 4 aromatic rings. The number of ketones is 1. The average molecular weight is 421 g/mol. The van der Waals surface area contributed by atoms with Gasteiger partial charge in [0.25, 0.3) is 0 Å². The number of hydrogen-bond acceptors (Lipinski definition) is 4. The minimum Gasteiger partial charge on any atom is -0.318 e. The van der Waals surface area contributed by atoms with E-state index in [0.29, 0.717) is 16.4 Å². The zero-order valence-corrected chi connectivity index (χ0v) is 17.8. The van der Waals surface area contributed by atoms with Gasteiger partial charge in [0.05, 0.1) is 5.75 Å². The van der Waals surface area contributed by atoms with Gasteiger partial charge in [-0.2, -0.15) is 0 Å². The first-order valence-electron chi connectivity index (χ1n) is 9.51. The third kappa shape index (κ3) is 3.80. The van der Waals surface area contributed by atoms with Crippen LogP contribution in [0.1, 0.15) is 21.7 Å². The topological polar surface area (TPSA) is 52.7 Å². The van der Waals surface area contributed by atoms with Crippen LogP contribution in [-0.2, 0) is 7.05 Å². The van der Waals surface area contributed by atoms with E-state index >= 15 is 0 Å². The lowest BCUT2D eigenvalue weighted by Crippen LogP contribution is -2.06. The van der Waals surface area contributed by atoms with Crippen molar-refractivity contribution < 1.29 is 9.18 Å². The van der Waals surface area contributed by atoms with E-state index in [4.69, 9.17) is 0 Å². The molecule has 0 spiro atoms. The molecule has 0 unspecified atom stereocenters. The second-order valence-electron chi connectivity index (χ2n) is 7.04. The lowest BCUT2D eigenvalue weighted by molar-refractivity contribution is 0.102. The van der Waals surface area contributed by atoms with Crippen LogP contribution in [0.25, 0.3) is 17.1 Å². The fraction of sp³-hybridized carbons (Fsp3) is 0.174. The average Bonchev–Trinajstić information content (AvgIpc) is 3.25. The molecule has 0 aliphatic rings. The number of carbonyl (C=O) groups excluding carboxylic acids is 1. The number of nitrogens with zero attached hydrogens (tertiary/aromatic N) is 4. The number of hydrogen-bond donors (Lipinski definition) is 0. The van der Waals surface area contributed by atoms with Crippen LogP contribution in [0.4, 0.5) is 4.39 Å². The van der Waals surface area contributed by atoms with Crippen LogP contribution in [-0.4, -0.2) is 30.9 Å². The van der Waals surface area contributed by atoms with E-state index in [1.165, 1.54) is 23.9 Å². The van der Waals surface area contributed by atoms with Gasteiger partial charge >= 0.3 is 0 Å². The highest BCUT2D eigenvalue weighted by Crippen LogP contribution is 2.26. The highest BCUT2D eigenvalue weighted by atomic mass is 32.2. The Balaban J connectivity index is 1.53. The van der Waals surface area contributed by atoms with Crippen molar-refractivity contribution in [1.29, 1.82) is 0 Å². The van der Waals surface area contributed by atoms with Crippen molar-refractivity contribution >= 4 is 17.5 Å². The van der Waals surface area contributed by atoms with Gasteiger partial charge in [0.2, 0.25) is 0 Å². The summed E-state index contributed by atoms with van der Waals surface area (Å²) in [6, 6.07) is 18.0. The van der Waals surface area contributed by atoms with Gasteiger partial charge in [-0.05, 0) is 38.1 Å². The molecule has 30 heavy (non-hydrogen) atoms. The standard InChI is InChI=1S/C23H21FN4OS/c1-15-12-20(16(2)28(15)19-11-7-10-18(24)13-19)21(29)14-30-23-26-25-22(27(23)3)17-8-5-4-6-9-17/h4-13H,14H2,1-3H3. The molecule has 5 nitrogen and oxygen atoms in total. The first-order valence-corrected chi connectivity index (χ1v) is 10.5. The van der Waals surface area contributed by atoms with Crippen LogP contribution in [0.5, 0.6) is 0 Å². The fourth-order valence-corrected chi connectivity index (χ4v) is 4.34. The third-order valence-corrected chi connectivity index (χ3v) is 6.02. The van der Waals surface area contributed by atoms with Crippen molar-refractivity contribution in [2.24, 2.45) is 7.05 Å². The Bertz CT molecular complexity index is 1210. The smallest absolute Gasteiger partial charge is 0.191 e. The third-order valence-electron chi connectivity index (χ3n) is 5.00. The first kappa shape index (κ1) is 20.1. The number of Topliss-reactive ketones (excluding diaryl/α,β-unsaturated/α-hetero) is 1. The van der Waals surface area contributed by atoms with E-state index in [-0.39, 0.29) is 17.4 Å². The lowest BCUT2D eigenvalue weighted by Gasteiger charge is -2.10. The Morgan fingerprint density at radius 1 is 1.03 bits per heavy atom. The van der Waals surface area contributed by atoms with Gasteiger partial charge in [-0.3, -0.25) is 4.79 Å². The Kier molecular flexibility index (Phi) is 5.55. The van der Waals surface area contributed by atoms with Gasteiger partial charge in [-0.25, -0.2) is 4.39 Å². The quantitative estimate of drug-likeness (QED) is 0.325. The molecule has 0 aliphatic carbocycles. The molecule has 0 fully saturated rings. The molecule has 7 heteroatoms. The van der Waals surface area contributed by atoms with E-state index in [1.54, 1.807) is 6.07 Å². The largest absolute Gasteiger partial charge is 0.318 e. The van der Waals surface area contributed by atoms with Gasteiger partial charge in [0, 0.05) is 35.2 Å². The summed E-state index contributed by atoms with van der Waals surface area (Å²) in [6.07, 6.45) is 0. The summed E-state index contributed by atoms with van der Waals surface area (Å²) >= 11 is 1.36. The van der Waals surface area contributed by atoms with E-state index in [2.05, 4.69) is 10.2 Å². The number of aryl methyl sites for hydroxylation is 1. The molecule has 2 aromatic carbocycles. The van der Waals surface area contributed by atoms with Crippen LogP contribution in [0.15, 0.2) is 65.8 Å².